The van der Waals surface area contributed by atoms with E-state index in [-0.39, 0.29) is 0 Å². The van der Waals surface area contributed by atoms with E-state index < -0.39 is 0 Å². The van der Waals surface area contributed by atoms with E-state index in [4.69, 9.17) is 0 Å². The van der Waals surface area contributed by atoms with Crippen molar-refractivity contribution in [3.8, 4) is 5.75 Å². The maximum absolute atomic E-state index is 10.1. The average molecular weight is 225 g/mol. The van der Waals surface area contributed by atoms with E-state index in [0.29, 0.717) is 5.75 Å². The molecule has 0 unspecified atom stereocenters. The van der Waals surface area contributed by atoms with Crippen LogP contribution in [0.2, 0.25) is 0 Å². The van der Waals surface area contributed by atoms with Gasteiger partial charge >= 0.3 is 0 Å². The topological polar surface area (TPSA) is 36.0 Å². The Morgan fingerprint density at radius 3 is 2.41 bits per heavy atom. The zero-order valence-electron chi connectivity index (χ0n) is 10.3. The number of aromatic nitrogens is 1. The first-order valence-corrected chi connectivity index (χ1v) is 5.80. The second kappa shape index (κ2) is 3.27. The molecule has 0 aliphatic heterocycles. The molecule has 1 heterocycles. The van der Waals surface area contributed by atoms with Crippen LogP contribution in [0.15, 0.2) is 24.3 Å². The number of fused-ring (bicyclic) bond motifs is 3. The SMILES string of the molecule is Cc1c(O)c(C)c2c([nH]c3ccccc32)c1C. The van der Waals surface area contributed by atoms with E-state index in [9.17, 15) is 5.11 Å². The van der Waals surface area contributed by atoms with E-state index in [0.717, 1.165) is 33.1 Å². The lowest BCUT2D eigenvalue weighted by Crippen LogP contribution is -1.88. The third kappa shape index (κ3) is 1.21. The Morgan fingerprint density at radius 2 is 1.65 bits per heavy atom. The number of nitrogens with one attached hydrogen (secondary N) is 1. The van der Waals surface area contributed by atoms with Crippen LogP contribution in [-0.4, -0.2) is 10.1 Å². The first-order chi connectivity index (χ1) is 8.11. The van der Waals surface area contributed by atoms with Crippen molar-refractivity contribution < 1.29 is 5.11 Å². The van der Waals surface area contributed by atoms with Crippen molar-refractivity contribution >= 4 is 21.8 Å². The minimum atomic E-state index is 0.416. The van der Waals surface area contributed by atoms with Crippen molar-refractivity contribution in [2.75, 3.05) is 0 Å². The number of aromatic amines is 1. The summed E-state index contributed by atoms with van der Waals surface area (Å²) in [6.07, 6.45) is 0. The number of aromatic hydroxyl groups is 1. The second-order valence-electron chi connectivity index (χ2n) is 4.64. The first-order valence-electron chi connectivity index (χ1n) is 5.80. The molecule has 2 heteroatoms. The standard InChI is InChI=1S/C15H15NO/c1-8-9(2)15(17)10(3)13-11-6-4-5-7-12(11)16-14(8)13/h4-7,16-17H,1-3H3. The van der Waals surface area contributed by atoms with E-state index in [1.54, 1.807) is 0 Å². The van der Waals surface area contributed by atoms with E-state index >= 15 is 0 Å². The maximum atomic E-state index is 10.1. The molecular formula is C15H15NO. The minimum Gasteiger partial charge on any atom is -0.507 e. The molecule has 1 aromatic heterocycles. The van der Waals surface area contributed by atoms with E-state index in [1.807, 2.05) is 32.9 Å². The quantitative estimate of drug-likeness (QED) is 0.597. The summed E-state index contributed by atoms with van der Waals surface area (Å²) in [6.45, 7) is 5.99. The van der Waals surface area contributed by atoms with Gasteiger partial charge in [-0.15, -0.1) is 0 Å². The van der Waals surface area contributed by atoms with Crippen LogP contribution in [-0.2, 0) is 0 Å². The fourth-order valence-electron chi connectivity index (χ4n) is 2.58. The monoisotopic (exact) mass is 225 g/mol. The molecule has 0 atom stereocenters. The summed E-state index contributed by atoms with van der Waals surface area (Å²) in [5, 5.41) is 12.5. The molecule has 3 rings (SSSR count). The van der Waals surface area contributed by atoms with Gasteiger partial charge in [0.1, 0.15) is 5.75 Å². The van der Waals surface area contributed by atoms with Gasteiger partial charge in [-0.2, -0.15) is 0 Å². The Labute approximate surface area is 99.9 Å². The van der Waals surface area contributed by atoms with Crippen LogP contribution in [0.25, 0.3) is 21.8 Å². The lowest BCUT2D eigenvalue weighted by atomic mass is 9.99. The fraction of sp³-hybridized carbons (Fsp3) is 0.200. The molecule has 17 heavy (non-hydrogen) atoms. The lowest BCUT2D eigenvalue weighted by Gasteiger charge is -2.09. The van der Waals surface area contributed by atoms with Gasteiger partial charge in [-0.05, 0) is 38.0 Å². The van der Waals surface area contributed by atoms with Gasteiger partial charge in [-0.25, -0.2) is 0 Å². The molecule has 0 saturated heterocycles. The number of phenols is 1. The van der Waals surface area contributed by atoms with Gasteiger partial charge in [-0.3, -0.25) is 0 Å². The Kier molecular flexibility index (Phi) is 1.96. The molecule has 0 fully saturated rings. The van der Waals surface area contributed by atoms with Crippen molar-refractivity contribution in [3.63, 3.8) is 0 Å². The van der Waals surface area contributed by atoms with Crippen LogP contribution >= 0.6 is 0 Å². The summed E-state index contributed by atoms with van der Waals surface area (Å²) in [5.41, 5.74) is 5.30. The van der Waals surface area contributed by atoms with Crippen LogP contribution in [0.4, 0.5) is 0 Å². The molecule has 0 spiro atoms. The molecule has 2 aromatic carbocycles. The van der Waals surface area contributed by atoms with Crippen molar-refractivity contribution in [2.24, 2.45) is 0 Å². The van der Waals surface area contributed by atoms with E-state index in [2.05, 4.69) is 17.1 Å². The highest BCUT2D eigenvalue weighted by Gasteiger charge is 2.14. The lowest BCUT2D eigenvalue weighted by molar-refractivity contribution is 0.467. The summed E-state index contributed by atoms with van der Waals surface area (Å²) in [7, 11) is 0. The molecule has 0 radical (unpaired) electrons. The molecule has 0 bridgehead atoms. The van der Waals surface area contributed by atoms with Crippen LogP contribution in [0.1, 0.15) is 16.7 Å². The molecule has 86 valence electrons. The van der Waals surface area contributed by atoms with Gasteiger partial charge in [0.05, 0.1) is 5.52 Å². The fourth-order valence-corrected chi connectivity index (χ4v) is 2.58. The molecule has 0 saturated carbocycles. The third-order valence-corrected chi connectivity index (χ3v) is 3.73. The van der Waals surface area contributed by atoms with Gasteiger partial charge < -0.3 is 10.1 Å². The van der Waals surface area contributed by atoms with Gasteiger partial charge in [0.2, 0.25) is 0 Å². The number of rotatable bonds is 0. The van der Waals surface area contributed by atoms with Crippen molar-refractivity contribution in [3.05, 3.63) is 41.0 Å². The third-order valence-electron chi connectivity index (χ3n) is 3.73. The summed E-state index contributed by atoms with van der Waals surface area (Å²) >= 11 is 0. The van der Waals surface area contributed by atoms with E-state index in [1.165, 1.54) is 5.39 Å². The number of H-pyrrole nitrogens is 1. The zero-order chi connectivity index (χ0) is 12.2. The molecule has 0 aliphatic carbocycles. The van der Waals surface area contributed by atoms with Crippen molar-refractivity contribution in [1.29, 1.82) is 0 Å². The second-order valence-corrected chi connectivity index (χ2v) is 4.64. The van der Waals surface area contributed by atoms with Gasteiger partial charge in [0.15, 0.2) is 0 Å². The number of aryl methyl sites for hydroxylation is 2. The molecule has 2 N–H and O–H groups in total. The van der Waals surface area contributed by atoms with Crippen molar-refractivity contribution in [1.82, 2.24) is 4.98 Å². The minimum absolute atomic E-state index is 0.416. The Balaban J connectivity index is 2.67. The Bertz CT molecular complexity index is 738. The Hall–Kier alpha value is -1.96. The summed E-state index contributed by atoms with van der Waals surface area (Å²) < 4.78 is 0. The summed E-state index contributed by atoms with van der Waals surface area (Å²) in [4.78, 5) is 3.44. The first kappa shape index (κ1) is 10.2. The highest BCUT2D eigenvalue weighted by molar-refractivity contribution is 6.11. The number of hydrogen-bond acceptors (Lipinski definition) is 1. The number of phenolic OH excluding ortho intramolecular Hbond substituents is 1. The average Bonchev–Trinajstić information content (AvgIpc) is 2.73. The molecule has 2 nitrogen and oxygen atoms in total. The van der Waals surface area contributed by atoms with Crippen LogP contribution in [0.5, 0.6) is 5.75 Å². The summed E-state index contributed by atoms with van der Waals surface area (Å²) in [5.74, 6) is 0.416. The van der Waals surface area contributed by atoms with Crippen LogP contribution < -0.4 is 0 Å². The zero-order valence-corrected chi connectivity index (χ0v) is 10.3. The normalized spacial score (nSPS) is 11.5. The van der Waals surface area contributed by atoms with Crippen LogP contribution in [0.3, 0.4) is 0 Å². The number of para-hydroxylation sites is 1. The number of hydrogen-bond donors (Lipinski definition) is 2. The van der Waals surface area contributed by atoms with Crippen LogP contribution in [0, 0.1) is 20.8 Å². The predicted molar refractivity (Wildman–Crippen MR) is 71.7 cm³/mol. The van der Waals surface area contributed by atoms with Crippen molar-refractivity contribution in [2.45, 2.75) is 20.8 Å². The molecule has 0 amide bonds. The molecule has 3 aromatic rings. The molecular weight excluding hydrogens is 210 g/mol. The van der Waals surface area contributed by atoms with Gasteiger partial charge in [-0.1, -0.05) is 18.2 Å². The number of benzene rings is 2. The van der Waals surface area contributed by atoms with Gasteiger partial charge in [0, 0.05) is 21.9 Å². The summed E-state index contributed by atoms with van der Waals surface area (Å²) in [6, 6.07) is 8.21. The van der Waals surface area contributed by atoms with Gasteiger partial charge in [0.25, 0.3) is 0 Å². The molecule has 0 aliphatic rings. The maximum Gasteiger partial charge on any atom is 0.122 e. The highest BCUT2D eigenvalue weighted by atomic mass is 16.3. The largest absolute Gasteiger partial charge is 0.507 e. The Morgan fingerprint density at radius 1 is 0.941 bits per heavy atom. The predicted octanol–water partition coefficient (Wildman–Crippen LogP) is 3.95. The highest BCUT2D eigenvalue weighted by Crippen LogP contribution is 2.37. The smallest absolute Gasteiger partial charge is 0.122 e.